The van der Waals surface area contributed by atoms with Gasteiger partial charge in [-0.3, -0.25) is 0 Å². The minimum Gasteiger partial charge on any atom is -0.355 e. The molecule has 51 heavy (non-hydrogen) atoms. The Balaban J connectivity index is 1.03. The fourth-order valence-corrected chi connectivity index (χ4v) is 12.9. The number of thiophene rings is 1. The Bertz CT molecular complexity index is 2520. The molecule has 0 bridgehead atoms. The predicted molar refractivity (Wildman–Crippen MR) is 220 cm³/mol. The third-order valence-electron chi connectivity index (χ3n) is 10.8. The van der Waals surface area contributed by atoms with Crippen molar-refractivity contribution in [2.24, 2.45) is 0 Å². The first kappa shape index (κ1) is 29.8. The van der Waals surface area contributed by atoms with Crippen molar-refractivity contribution < 1.29 is 0 Å². The Hall–Kier alpha value is -4.94. The van der Waals surface area contributed by atoms with Crippen molar-refractivity contribution in [2.75, 3.05) is 9.80 Å². The number of benzene rings is 7. The molecule has 8 aromatic rings. The third-order valence-corrected chi connectivity index (χ3v) is 15.0. The van der Waals surface area contributed by atoms with Crippen molar-refractivity contribution in [1.82, 2.24) is 0 Å². The van der Waals surface area contributed by atoms with Crippen molar-refractivity contribution in [3.63, 3.8) is 0 Å². The zero-order chi connectivity index (χ0) is 33.5. The van der Waals surface area contributed by atoms with Gasteiger partial charge in [0.15, 0.2) is 0 Å². The Kier molecular flexibility index (Phi) is 6.89. The van der Waals surface area contributed by atoms with Gasteiger partial charge in [-0.05, 0) is 95.1 Å². The molecule has 0 saturated carbocycles. The van der Waals surface area contributed by atoms with E-state index in [2.05, 4.69) is 203 Å². The van der Waals surface area contributed by atoms with Crippen LogP contribution in [0.3, 0.4) is 0 Å². The molecule has 4 unspecified atom stereocenters. The van der Waals surface area contributed by atoms with Gasteiger partial charge in [0.1, 0.15) is 0 Å². The zero-order valence-corrected chi connectivity index (χ0v) is 30.0. The van der Waals surface area contributed by atoms with Crippen LogP contribution in [0, 0.1) is 0 Å². The number of thioether (sulfide) groups is 2. The van der Waals surface area contributed by atoms with Gasteiger partial charge < -0.3 is 9.80 Å². The summed E-state index contributed by atoms with van der Waals surface area (Å²) in [6.07, 6.45) is 0. The molecule has 4 heterocycles. The lowest BCUT2D eigenvalue weighted by atomic mass is 10.0. The SMILES string of the molecule is c1ccc(-c2ccc(N(c3ccc(N4C5c6ccccc6SC5C5Sc6ccccc6C54)cc3)c3ccc4sc5ccccc5c4c3)cc2)cc1. The topological polar surface area (TPSA) is 6.48 Å². The summed E-state index contributed by atoms with van der Waals surface area (Å²) in [5.41, 5.74) is 10.1. The molecule has 0 N–H and O–H groups in total. The molecule has 1 aromatic heterocycles. The summed E-state index contributed by atoms with van der Waals surface area (Å²) in [6, 6.07) is 63.7. The van der Waals surface area contributed by atoms with Crippen LogP contribution in [0.5, 0.6) is 0 Å². The molecule has 0 spiro atoms. The molecule has 244 valence electrons. The van der Waals surface area contributed by atoms with E-state index < -0.39 is 0 Å². The largest absolute Gasteiger partial charge is 0.355 e. The van der Waals surface area contributed by atoms with Gasteiger partial charge in [-0.25, -0.2) is 0 Å². The number of anilines is 4. The van der Waals surface area contributed by atoms with Gasteiger partial charge in [-0.1, -0.05) is 97.1 Å². The Morgan fingerprint density at radius 1 is 0.431 bits per heavy atom. The summed E-state index contributed by atoms with van der Waals surface area (Å²) >= 11 is 6.04. The standard InChI is InChI=1S/C46H32N2S3/c1-2-10-29(11-3-1)30-18-20-31(21-19-30)47(34-26-27-42-38(28-34)35-12-4-7-15-39(35)49-42)32-22-24-33(25-23-32)48-43-36-13-5-8-16-40(36)50-45(43)46-44(48)37-14-6-9-17-41(37)51-46/h1-28,43-46H. The van der Waals surface area contributed by atoms with Crippen LogP contribution in [0.15, 0.2) is 180 Å². The maximum Gasteiger partial charge on any atom is 0.0694 e. The Morgan fingerprint density at radius 2 is 0.961 bits per heavy atom. The summed E-state index contributed by atoms with van der Waals surface area (Å²) in [5.74, 6) is 0. The zero-order valence-electron chi connectivity index (χ0n) is 27.6. The van der Waals surface area contributed by atoms with Crippen LogP contribution in [-0.2, 0) is 0 Å². The van der Waals surface area contributed by atoms with Crippen LogP contribution in [0.4, 0.5) is 22.7 Å². The molecule has 0 aliphatic carbocycles. The van der Waals surface area contributed by atoms with E-state index in [0.717, 1.165) is 17.1 Å². The van der Waals surface area contributed by atoms with Gasteiger partial charge >= 0.3 is 0 Å². The molecule has 0 radical (unpaired) electrons. The van der Waals surface area contributed by atoms with E-state index in [1.807, 2.05) is 11.3 Å². The summed E-state index contributed by atoms with van der Waals surface area (Å²) in [7, 11) is 0. The summed E-state index contributed by atoms with van der Waals surface area (Å²) in [6.45, 7) is 0. The lowest BCUT2D eigenvalue weighted by Crippen LogP contribution is -2.27. The van der Waals surface area contributed by atoms with E-state index in [9.17, 15) is 0 Å². The number of nitrogens with zero attached hydrogens (tertiary/aromatic N) is 2. The molecule has 1 saturated heterocycles. The van der Waals surface area contributed by atoms with Crippen LogP contribution in [0.2, 0.25) is 0 Å². The highest BCUT2D eigenvalue weighted by Crippen LogP contribution is 2.65. The summed E-state index contributed by atoms with van der Waals surface area (Å²) < 4.78 is 2.64. The molecule has 5 heteroatoms. The fourth-order valence-electron chi connectivity index (χ4n) is 8.55. The normalized spacial score (nSPS) is 20.0. The first-order valence-electron chi connectivity index (χ1n) is 17.5. The lowest BCUT2D eigenvalue weighted by molar-refractivity contribution is 0.675. The average molecular weight is 709 g/mol. The molecular weight excluding hydrogens is 677 g/mol. The second-order valence-corrected chi connectivity index (χ2v) is 17.1. The van der Waals surface area contributed by atoms with Crippen molar-refractivity contribution in [3.8, 4) is 11.1 Å². The van der Waals surface area contributed by atoms with Gasteiger partial charge in [0.2, 0.25) is 0 Å². The molecule has 2 nitrogen and oxygen atoms in total. The minimum atomic E-state index is 0.351. The second kappa shape index (κ2) is 11.8. The molecule has 1 fully saturated rings. The van der Waals surface area contributed by atoms with Crippen molar-refractivity contribution in [1.29, 1.82) is 0 Å². The van der Waals surface area contributed by atoms with Crippen LogP contribution in [0.25, 0.3) is 31.3 Å². The van der Waals surface area contributed by atoms with E-state index in [0.29, 0.717) is 22.6 Å². The first-order valence-corrected chi connectivity index (χ1v) is 20.1. The van der Waals surface area contributed by atoms with Crippen molar-refractivity contribution >= 4 is 77.8 Å². The average Bonchev–Trinajstić information content (AvgIpc) is 3.94. The van der Waals surface area contributed by atoms with E-state index in [4.69, 9.17) is 0 Å². The third kappa shape index (κ3) is 4.72. The lowest BCUT2D eigenvalue weighted by Gasteiger charge is -2.33. The highest BCUT2D eigenvalue weighted by atomic mass is 32.2. The second-order valence-electron chi connectivity index (χ2n) is 13.6. The van der Waals surface area contributed by atoms with Gasteiger partial charge in [0, 0.05) is 63.2 Å². The fraction of sp³-hybridized carbons (Fsp3) is 0.0870. The van der Waals surface area contributed by atoms with Crippen molar-refractivity contribution in [2.45, 2.75) is 32.4 Å². The van der Waals surface area contributed by atoms with Crippen LogP contribution < -0.4 is 9.80 Å². The monoisotopic (exact) mass is 708 g/mol. The molecular formula is C46H32N2S3. The quantitative estimate of drug-likeness (QED) is 0.175. The Labute approximate surface area is 310 Å². The molecule has 3 aliphatic heterocycles. The maximum absolute atomic E-state index is 2.75. The molecule has 7 aromatic carbocycles. The van der Waals surface area contributed by atoms with Gasteiger partial charge in [0.25, 0.3) is 0 Å². The van der Waals surface area contributed by atoms with Crippen LogP contribution in [0.1, 0.15) is 23.2 Å². The molecule has 11 rings (SSSR count). The highest BCUT2D eigenvalue weighted by Gasteiger charge is 2.57. The summed E-state index contributed by atoms with van der Waals surface area (Å²) in [4.78, 5) is 8.04. The van der Waals surface area contributed by atoms with Crippen molar-refractivity contribution in [3.05, 3.63) is 181 Å². The molecule has 0 amide bonds. The van der Waals surface area contributed by atoms with E-state index >= 15 is 0 Å². The van der Waals surface area contributed by atoms with Crippen LogP contribution >= 0.6 is 34.9 Å². The number of hydrogen-bond acceptors (Lipinski definition) is 5. The van der Waals surface area contributed by atoms with E-state index in [1.54, 1.807) is 0 Å². The first-order chi connectivity index (χ1) is 25.3. The minimum absolute atomic E-state index is 0.351. The molecule has 4 atom stereocenters. The smallest absolute Gasteiger partial charge is 0.0694 e. The van der Waals surface area contributed by atoms with E-state index in [-0.39, 0.29) is 0 Å². The van der Waals surface area contributed by atoms with Crippen LogP contribution in [-0.4, -0.2) is 10.5 Å². The van der Waals surface area contributed by atoms with Gasteiger partial charge in [-0.15, -0.1) is 34.9 Å². The van der Waals surface area contributed by atoms with Gasteiger partial charge in [0.05, 0.1) is 12.1 Å². The Morgan fingerprint density at radius 3 is 1.65 bits per heavy atom. The number of fused-ring (bicyclic) bond motifs is 10. The maximum atomic E-state index is 2.75. The predicted octanol–water partition coefficient (Wildman–Crippen LogP) is 13.4. The summed E-state index contributed by atoms with van der Waals surface area (Å²) in [5, 5.41) is 3.64. The highest BCUT2D eigenvalue weighted by molar-refractivity contribution is 8.04. The van der Waals surface area contributed by atoms with E-state index in [1.165, 1.54) is 57.9 Å². The number of rotatable bonds is 5. The van der Waals surface area contributed by atoms with Gasteiger partial charge in [-0.2, -0.15) is 0 Å². The number of hydrogen-bond donors (Lipinski definition) is 0. The molecule has 3 aliphatic rings.